The van der Waals surface area contributed by atoms with Gasteiger partial charge in [0.2, 0.25) is 5.88 Å². The second-order valence-electron chi connectivity index (χ2n) is 4.07. The summed E-state index contributed by atoms with van der Waals surface area (Å²) >= 11 is 0. The lowest BCUT2D eigenvalue weighted by Crippen LogP contribution is -2.45. The van der Waals surface area contributed by atoms with Crippen LogP contribution in [-0.2, 0) is 4.74 Å². The van der Waals surface area contributed by atoms with E-state index in [1.807, 2.05) is 6.07 Å². The Morgan fingerprint density at radius 3 is 3.18 bits per heavy atom. The van der Waals surface area contributed by atoms with Gasteiger partial charge in [0.05, 0.1) is 13.2 Å². The zero-order valence-electron chi connectivity index (χ0n) is 10.2. The highest BCUT2D eigenvalue weighted by Gasteiger charge is 2.19. The summed E-state index contributed by atoms with van der Waals surface area (Å²) in [7, 11) is 1.59. The zero-order chi connectivity index (χ0) is 12.1. The van der Waals surface area contributed by atoms with Crippen molar-refractivity contribution >= 4 is 0 Å². The van der Waals surface area contributed by atoms with Crippen LogP contribution >= 0.6 is 0 Å². The smallest absolute Gasteiger partial charge is 0.216 e. The third kappa shape index (κ3) is 3.57. The van der Waals surface area contributed by atoms with Crippen LogP contribution in [0.4, 0.5) is 0 Å². The second kappa shape index (κ2) is 5.84. The number of hydrogen-bond acceptors (Lipinski definition) is 5. The molecule has 0 saturated carbocycles. The molecule has 1 aliphatic rings. The van der Waals surface area contributed by atoms with E-state index in [-0.39, 0.29) is 12.2 Å². The van der Waals surface area contributed by atoms with E-state index in [9.17, 15) is 0 Å². The molecule has 94 valence electrons. The third-order valence-electron chi connectivity index (χ3n) is 2.58. The van der Waals surface area contributed by atoms with Crippen LogP contribution in [0.1, 0.15) is 6.92 Å². The first-order valence-corrected chi connectivity index (χ1v) is 5.77. The molecule has 1 aromatic heterocycles. The van der Waals surface area contributed by atoms with Crippen molar-refractivity contribution in [2.75, 3.05) is 26.8 Å². The number of nitrogens with zero attached hydrogens (tertiary/aromatic N) is 1. The van der Waals surface area contributed by atoms with Crippen molar-refractivity contribution in [3.05, 3.63) is 18.3 Å². The van der Waals surface area contributed by atoms with Gasteiger partial charge in [-0.2, -0.15) is 0 Å². The fourth-order valence-corrected chi connectivity index (χ4v) is 1.75. The number of morpholine rings is 1. The summed E-state index contributed by atoms with van der Waals surface area (Å²) in [6.07, 6.45) is 2.00. The van der Waals surface area contributed by atoms with Crippen molar-refractivity contribution in [2.24, 2.45) is 0 Å². The van der Waals surface area contributed by atoms with Crippen LogP contribution in [-0.4, -0.2) is 44.0 Å². The Hall–Kier alpha value is -1.33. The zero-order valence-corrected chi connectivity index (χ0v) is 10.2. The van der Waals surface area contributed by atoms with Gasteiger partial charge in [-0.3, -0.25) is 0 Å². The van der Waals surface area contributed by atoms with Gasteiger partial charge in [-0.25, -0.2) is 4.98 Å². The summed E-state index contributed by atoms with van der Waals surface area (Å²) in [6, 6.07) is 3.57. The SMILES string of the molecule is COc1cc(OCC2CNCC(C)O2)ccn1. The van der Waals surface area contributed by atoms with Crippen LogP contribution < -0.4 is 14.8 Å². The third-order valence-corrected chi connectivity index (χ3v) is 2.58. The molecule has 5 heteroatoms. The molecule has 2 atom stereocenters. The van der Waals surface area contributed by atoms with Gasteiger partial charge in [0.1, 0.15) is 18.5 Å². The van der Waals surface area contributed by atoms with Gasteiger partial charge in [0.25, 0.3) is 0 Å². The summed E-state index contributed by atoms with van der Waals surface area (Å²) in [6.45, 7) is 4.31. The quantitative estimate of drug-likeness (QED) is 0.842. The Morgan fingerprint density at radius 2 is 2.41 bits per heavy atom. The van der Waals surface area contributed by atoms with E-state index in [1.165, 1.54) is 0 Å². The molecule has 0 aromatic carbocycles. The topological polar surface area (TPSA) is 52.6 Å². The van der Waals surface area contributed by atoms with E-state index in [2.05, 4.69) is 17.2 Å². The van der Waals surface area contributed by atoms with Crippen LogP contribution in [0.15, 0.2) is 18.3 Å². The van der Waals surface area contributed by atoms with Crippen molar-refractivity contribution in [1.82, 2.24) is 10.3 Å². The number of rotatable bonds is 4. The Labute approximate surface area is 101 Å². The molecule has 1 N–H and O–H groups in total. The minimum absolute atomic E-state index is 0.0953. The van der Waals surface area contributed by atoms with Crippen LogP contribution in [0.2, 0.25) is 0 Å². The molecule has 0 bridgehead atoms. The van der Waals surface area contributed by atoms with E-state index in [1.54, 1.807) is 19.4 Å². The summed E-state index contributed by atoms with van der Waals surface area (Å²) in [5, 5.41) is 3.30. The molecule has 2 unspecified atom stereocenters. The summed E-state index contributed by atoms with van der Waals surface area (Å²) in [4.78, 5) is 4.02. The van der Waals surface area contributed by atoms with Gasteiger partial charge in [0, 0.05) is 25.4 Å². The first kappa shape index (κ1) is 12.1. The molecule has 5 nitrogen and oxygen atoms in total. The molecule has 2 heterocycles. The fraction of sp³-hybridized carbons (Fsp3) is 0.583. The number of ether oxygens (including phenoxy) is 3. The van der Waals surface area contributed by atoms with Gasteiger partial charge in [0.15, 0.2) is 0 Å². The first-order valence-electron chi connectivity index (χ1n) is 5.77. The van der Waals surface area contributed by atoms with Gasteiger partial charge in [-0.1, -0.05) is 0 Å². The Kier molecular flexibility index (Phi) is 4.17. The van der Waals surface area contributed by atoms with Gasteiger partial charge >= 0.3 is 0 Å². The number of hydrogen-bond donors (Lipinski definition) is 1. The molecule has 0 spiro atoms. The predicted molar refractivity (Wildman–Crippen MR) is 63.5 cm³/mol. The van der Waals surface area contributed by atoms with Crippen LogP contribution in [0.5, 0.6) is 11.6 Å². The number of pyridine rings is 1. The summed E-state index contributed by atoms with van der Waals surface area (Å²) in [5.74, 6) is 1.30. The van der Waals surface area contributed by atoms with Crippen molar-refractivity contribution < 1.29 is 14.2 Å². The molecule has 1 saturated heterocycles. The highest BCUT2D eigenvalue weighted by Crippen LogP contribution is 2.16. The molecule has 2 rings (SSSR count). The second-order valence-corrected chi connectivity index (χ2v) is 4.07. The van der Waals surface area contributed by atoms with Crippen LogP contribution in [0.25, 0.3) is 0 Å². The van der Waals surface area contributed by atoms with Gasteiger partial charge in [-0.15, -0.1) is 0 Å². The van der Waals surface area contributed by atoms with E-state index in [0.717, 1.165) is 18.8 Å². The van der Waals surface area contributed by atoms with Crippen LogP contribution in [0, 0.1) is 0 Å². The lowest BCUT2D eigenvalue weighted by atomic mass is 10.2. The molecular formula is C12H18N2O3. The van der Waals surface area contributed by atoms with Gasteiger partial charge < -0.3 is 19.5 Å². The largest absolute Gasteiger partial charge is 0.491 e. The molecule has 1 aliphatic heterocycles. The molecule has 0 aliphatic carbocycles. The maximum atomic E-state index is 5.73. The molecular weight excluding hydrogens is 220 g/mol. The van der Waals surface area contributed by atoms with E-state index in [0.29, 0.717) is 12.5 Å². The number of nitrogens with one attached hydrogen (secondary N) is 1. The van der Waals surface area contributed by atoms with E-state index >= 15 is 0 Å². The maximum Gasteiger partial charge on any atom is 0.216 e. The van der Waals surface area contributed by atoms with Crippen molar-refractivity contribution in [2.45, 2.75) is 19.1 Å². The number of methoxy groups -OCH3 is 1. The highest BCUT2D eigenvalue weighted by molar-refractivity contribution is 5.26. The molecule has 0 radical (unpaired) electrons. The number of aromatic nitrogens is 1. The molecule has 1 aromatic rings. The maximum absolute atomic E-state index is 5.73. The Balaban J connectivity index is 1.84. The first-order chi connectivity index (χ1) is 8.28. The summed E-state index contributed by atoms with van der Waals surface area (Å²) in [5.41, 5.74) is 0. The Morgan fingerprint density at radius 1 is 1.53 bits per heavy atom. The minimum Gasteiger partial charge on any atom is -0.491 e. The molecule has 17 heavy (non-hydrogen) atoms. The lowest BCUT2D eigenvalue weighted by molar-refractivity contribution is -0.0470. The highest BCUT2D eigenvalue weighted by atomic mass is 16.5. The monoisotopic (exact) mass is 238 g/mol. The average Bonchev–Trinajstić information content (AvgIpc) is 2.37. The lowest BCUT2D eigenvalue weighted by Gasteiger charge is -2.28. The van der Waals surface area contributed by atoms with Crippen molar-refractivity contribution in [3.8, 4) is 11.6 Å². The van der Waals surface area contributed by atoms with Crippen molar-refractivity contribution in [1.29, 1.82) is 0 Å². The Bertz CT molecular complexity index is 359. The summed E-state index contributed by atoms with van der Waals surface area (Å²) < 4.78 is 16.4. The van der Waals surface area contributed by atoms with Gasteiger partial charge in [-0.05, 0) is 13.0 Å². The van der Waals surface area contributed by atoms with Crippen LogP contribution in [0.3, 0.4) is 0 Å². The van der Waals surface area contributed by atoms with E-state index < -0.39 is 0 Å². The minimum atomic E-state index is 0.0953. The fourth-order valence-electron chi connectivity index (χ4n) is 1.75. The molecule has 1 fully saturated rings. The predicted octanol–water partition coefficient (Wildman–Crippen LogP) is 0.846. The van der Waals surface area contributed by atoms with E-state index in [4.69, 9.17) is 14.2 Å². The van der Waals surface area contributed by atoms with Crippen molar-refractivity contribution in [3.63, 3.8) is 0 Å². The standard InChI is InChI=1S/C12H18N2O3/c1-9-6-13-7-11(17-9)8-16-10-3-4-14-12(5-10)15-2/h3-5,9,11,13H,6-8H2,1-2H3. The average molecular weight is 238 g/mol. The molecule has 0 amide bonds. The normalized spacial score (nSPS) is 24.4.